The number of nitrogens with one attached hydrogen (secondary N) is 4. The Labute approximate surface area is 176 Å². The molecule has 0 aliphatic heterocycles. The molecule has 1 rings (SSSR count). The van der Waals surface area contributed by atoms with Crippen LogP contribution in [-0.4, -0.2) is 79.8 Å². The third kappa shape index (κ3) is 8.08. The molecule has 14 heteroatoms. The van der Waals surface area contributed by atoms with Gasteiger partial charge in [-0.05, 0) is 6.92 Å². The number of H-pyrrole nitrogens is 1. The Kier molecular flexibility index (Phi) is 9.77. The molecule has 0 saturated carbocycles. The molecule has 0 aliphatic carbocycles. The molecular formula is C16H24N6O7S. The highest BCUT2D eigenvalue weighted by Crippen LogP contribution is 2.01. The van der Waals surface area contributed by atoms with Crippen molar-refractivity contribution in [3.8, 4) is 0 Å². The average molecular weight is 444 g/mol. The summed E-state index contributed by atoms with van der Waals surface area (Å²) in [6.07, 6.45) is 2.17. The van der Waals surface area contributed by atoms with E-state index < -0.39 is 60.2 Å². The first kappa shape index (κ1) is 24.9. The average Bonchev–Trinajstić information content (AvgIpc) is 3.17. The molecule has 0 saturated heterocycles. The third-order valence-electron chi connectivity index (χ3n) is 3.89. The van der Waals surface area contributed by atoms with Gasteiger partial charge in [0.05, 0.1) is 18.8 Å². The number of carbonyl (C=O) groups excluding carboxylic acids is 3. The number of aromatic nitrogens is 2. The number of nitrogens with zero attached hydrogens (tertiary/aromatic N) is 1. The van der Waals surface area contributed by atoms with Crippen molar-refractivity contribution in [3.63, 3.8) is 0 Å². The van der Waals surface area contributed by atoms with Gasteiger partial charge in [-0.1, -0.05) is 0 Å². The van der Waals surface area contributed by atoms with Gasteiger partial charge < -0.3 is 36.9 Å². The van der Waals surface area contributed by atoms with E-state index in [0.29, 0.717) is 5.69 Å². The van der Waals surface area contributed by atoms with E-state index in [1.807, 2.05) is 0 Å². The van der Waals surface area contributed by atoms with Crippen LogP contribution in [0, 0.1) is 0 Å². The van der Waals surface area contributed by atoms with Gasteiger partial charge in [0, 0.05) is 24.1 Å². The number of thiol groups is 1. The molecule has 0 fully saturated rings. The quantitative estimate of drug-likeness (QED) is 0.156. The summed E-state index contributed by atoms with van der Waals surface area (Å²) in [6, 6.07) is -5.08. The Morgan fingerprint density at radius 3 is 2.20 bits per heavy atom. The van der Waals surface area contributed by atoms with Crippen LogP contribution in [0.4, 0.5) is 0 Å². The fourth-order valence-electron chi connectivity index (χ4n) is 2.23. The maximum absolute atomic E-state index is 12.5. The van der Waals surface area contributed by atoms with Gasteiger partial charge in [0.1, 0.15) is 18.1 Å². The van der Waals surface area contributed by atoms with E-state index in [4.69, 9.17) is 15.9 Å². The van der Waals surface area contributed by atoms with E-state index in [0.717, 1.165) is 0 Å². The zero-order valence-electron chi connectivity index (χ0n) is 16.0. The van der Waals surface area contributed by atoms with Crippen molar-refractivity contribution in [2.24, 2.45) is 5.73 Å². The van der Waals surface area contributed by atoms with Gasteiger partial charge in [-0.2, -0.15) is 12.6 Å². The predicted octanol–water partition coefficient (Wildman–Crippen LogP) is -2.76. The SMILES string of the molecule is CC(NC(=O)C(CS)NC(=O)C(CC(=O)O)NC(=O)C(N)Cc1cnc[nH]1)C(=O)O. The van der Waals surface area contributed by atoms with E-state index in [1.54, 1.807) is 0 Å². The van der Waals surface area contributed by atoms with E-state index in [2.05, 4.69) is 38.5 Å². The van der Waals surface area contributed by atoms with Crippen LogP contribution in [0.2, 0.25) is 0 Å². The monoisotopic (exact) mass is 444 g/mol. The molecule has 1 aromatic heterocycles. The molecular weight excluding hydrogens is 420 g/mol. The van der Waals surface area contributed by atoms with Gasteiger partial charge in [0.2, 0.25) is 17.7 Å². The highest BCUT2D eigenvalue weighted by molar-refractivity contribution is 7.80. The van der Waals surface area contributed by atoms with Crippen molar-refractivity contribution in [1.82, 2.24) is 25.9 Å². The molecule has 1 heterocycles. The number of carbonyl (C=O) groups is 5. The second-order valence-corrected chi connectivity index (χ2v) is 6.72. The molecule has 0 bridgehead atoms. The summed E-state index contributed by atoms with van der Waals surface area (Å²) < 4.78 is 0. The fraction of sp³-hybridized carbons (Fsp3) is 0.500. The molecule has 166 valence electrons. The number of hydrogen-bond acceptors (Lipinski definition) is 8. The molecule has 0 aromatic carbocycles. The molecule has 8 N–H and O–H groups in total. The number of carboxylic acids is 2. The Morgan fingerprint density at radius 1 is 1.10 bits per heavy atom. The van der Waals surface area contributed by atoms with Crippen LogP contribution in [0.15, 0.2) is 12.5 Å². The second kappa shape index (κ2) is 11.8. The van der Waals surface area contributed by atoms with Crippen LogP contribution < -0.4 is 21.7 Å². The Balaban J connectivity index is 2.78. The number of imidazole rings is 1. The highest BCUT2D eigenvalue weighted by atomic mass is 32.1. The van der Waals surface area contributed by atoms with Gasteiger partial charge in [-0.15, -0.1) is 0 Å². The van der Waals surface area contributed by atoms with E-state index in [-0.39, 0.29) is 12.2 Å². The number of nitrogens with two attached hydrogens (primary N) is 1. The van der Waals surface area contributed by atoms with Crippen molar-refractivity contribution in [2.45, 2.75) is 43.9 Å². The van der Waals surface area contributed by atoms with Crippen molar-refractivity contribution >= 4 is 42.3 Å². The lowest BCUT2D eigenvalue weighted by Crippen LogP contribution is -2.58. The Bertz CT molecular complexity index is 772. The maximum atomic E-state index is 12.5. The summed E-state index contributed by atoms with van der Waals surface area (Å²) in [7, 11) is 0. The number of aromatic amines is 1. The van der Waals surface area contributed by atoms with E-state index in [9.17, 15) is 24.0 Å². The summed E-state index contributed by atoms with van der Waals surface area (Å²) in [5.74, 6) is -5.42. The molecule has 4 atom stereocenters. The first-order valence-corrected chi connectivity index (χ1v) is 9.37. The highest BCUT2D eigenvalue weighted by Gasteiger charge is 2.30. The van der Waals surface area contributed by atoms with Crippen LogP contribution in [0.25, 0.3) is 0 Å². The minimum atomic E-state index is -1.52. The Hall–Kier alpha value is -3.13. The first-order chi connectivity index (χ1) is 14.0. The second-order valence-electron chi connectivity index (χ2n) is 6.36. The smallest absolute Gasteiger partial charge is 0.325 e. The fourth-order valence-corrected chi connectivity index (χ4v) is 2.49. The lowest BCUT2D eigenvalue weighted by molar-refractivity contribution is -0.142. The van der Waals surface area contributed by atoms with Crippen LogP contribution in [0.5, 0.6) is 0 Å². The van der Waals surface area contributed by atoms with Gasteiger partial charge in [0.25, 0.3) is 0 Å². The molecule has 13 nitrogen and oxygen atoms in total. The molecule has 1 aromatic rings. The number of amides is 3. The molecule has 4 unspecified atom stereocenters. The van der Waals surface area contributed by atoms with Crippen molar-refractivity contribution in [2.75, 3.05) is 5.75 Å². The number of aliphatic carboxylic acids is 2. The summed E-state index contributed by atoms with van der Waals surface area (Å²) in [5, 5.41) is 24.5. The van der Waals surface area contributed by atoms with Gasteiger partial charge in [-0.25, -0.2) is 4.98 Å². The molecule has 0 aliphatic rings. The van der Waals surface area contributed by atoms with Crippen LogP contribution in [-0.2, 0) is 30.4 Å². The van der Waals surface area contributed by atoms with Gasteiger partial charge >= 0.3 is 11.9 Å². The largest absolute Gasteiger partial charge is 0.481 e. The summed E-state index contributed by atoms with van der Waals surface area (Å²) >= 11 is 3.94. The van der Waals surface area contributed by atoms with Gasteiger partial charge in [0.15, 0.2) is 0 Å². The van der Waals surface area contributed by atoms with Crippen molar-refractivity contribution < 1.29 is 34.2 Å². The zero-order valence-corrected chi connectivity index (χ0v) is 16.9. The predicted molar refractivity (Wildman–Crippen MR) is 105 cm³/mol. The number of rotatable bonds is 12. The molecule has 3 amide bonds. The molecule has 0 spiro atoms. The van der Waals surface area contributed by atoms with Crippen LogP contribution in [0.3, 0.4) is 0 Å². The van der Waals surface area contributed by atoms with Crippen LogP contribution in [0.1, 0.15) is 19.0 Å². The topological polar surface area (TPSA) is 217 Å². The van der Waals surface area contributed by atoms with Crippen molar-refractivity contribution in [1.29, 1.82) is 0 Å². The Morgan fingerprint density at radius 2 is 1.70 bits per heavy atom. The molecule has 0 radical (unpaired) electrons. The van der Waals surface area contributed by atoms with E-state index in [1.165, 1.54) is 19.4 Å². The molecule has 30 heavy (non-hydrogen) atoms. The lowest BCUT2D eigenvalue weighted by atomic mass is 10.1. The van der Waals surface area contributed by atoms with Crippen molar-refractivity contribution in [3.05, 3.63) is 18.2 Å². The zero-order chi connectivity index (χ0) is 22.8. The number of carboxylic acid groups (broad SMARTS) is 2. The van der Waals surface area contributed by atoms with Crippen LogP contribution >= 0.6 is 12.6 Å². The standard InChI is InChI=1S/C16H24N6O7S/c1-7(16(28)29)20-15(27)11(5-30)22-14(26)10(3-12(23)24)21-13(25)9(17)2-8-4-18-6-19-8/h4,6-7,9-11,30H,2-3,5,17H2,1H3,(H,18,19)(H,20,27)(H,21,25)(H,22,26)(H,23,24)(H,28,29). The number of hydrogen-bond donors (Lipinski definition) is 8. The minimum absolute atomic E-state index is 0.0714. The third-order valence-corrected chi connectivity index (χ3v) is 4.25. The van der Waals surface area contributed by atoms with Gasteiger partial charge in [-0.3, -0.25) is 24.0 Å². The van der Waals surface area contributed by atoms with E-state index >= 15 is 0 Å². The maximum Gasteiger partial charge on any atom is 0.325 e. The minimum Gasteiger partial charge on any atom is -0.481 e. The lowest BCUT2D eigenvalue weighted by Gasteiger charge is -2.23. The normalized spacial score (nSPS) is 14.6. The summed E-state index contributed by atoms with van der Waals surface area (Å²) in [4.78, 5) is 65.3. The first-order valence-electron chi connectivity index (χ1n) is 8.74. The summed E-state index contributed by atoms with van der Waals surface area (Å²) in [6.45, 7) is 1.23. The summed E-state index contributed by atoms with van der Waals surface area (Å²) in [5.41, 5.74) is 6.34.